The molecule has 1 aromatic carbocycles. The molecule has 0 aliphatic carbocycles. The fraction of sp³-hybridized carbons (Fsp3) is 0.235. The van der Waals surface area contributed by atoms with Gasteiger partial charge in [-0.1, -0.05) is 0 Å². The van der Waals surface area contributed by atoms with Crippen molar-refractivity contribution in [2.75, 3.05) is 14.2 Å². The maximum absolute atomic E-state index is 5.48. The van der Waals surface area contributed by atoms with Crippen LogP contribution in [-0.4, -0.2) is 14.2 Å². The summed E-state index contributed by atoms with van der Waals surface area (Å²) >= 11 is 0. The minimum atomic E-state index is 0.774. The van der Waals surface area contributed by atoms with E-state index in [0.29, 0.717) is 0 Å². The third-order valence-electron chi connectivity index (χ3n) is 3.83. The number of rotatable bonds is 2. The predicted molar refractivity (Wildman–Crippen MR) is 79.7 cm³/mol. The van der Waals surface area contributed by atoms with Crippen molar-refractivity contribution in [1.82, 2.24) is 0 Å². The van der Waals surface area contributed by atoms with E-state index < -0.39 is 0 Å². The standard InChI is InChI=1S/C17H18NO2/c1-11-6-5-7-18-10-14-12(2)17(20-4)16(19-3)9-13(14)8-15(11)18/h5-10H,1-4H3/q+1. The second kappa shape index (κ2) is 4.67. The van der Waals surface area contributed by atoms with Crippen LogP contribution in [0.2, 0.25) is 0 Å². The minimum Gasteiger partial charge on any atom is -0.493 e. The van der Waals surface area contributed by atoms with Crippen LogP contribution in [0.15, 0.2) is 36.7 Å². The third kappa shape index (κ3) is 1.78. The Balaban J connectivity index is 2.46. The van der Waals surface area contributed by atoms with Crippen LogP contribution in [0.1, 0.15) is 11.1 Å². The van der Waals surface area contributed by atoms with Crippen LogP contribution in [0.3, 0.4) is 0 Å². The zero-order valence-electron chi connectivity index (χ0n) is 12.2. The molecule has 102 valence electrons. The lowest BCUT2D eigenvalue weighted by Crippen LogP contribution is -2.21. The molecule has 0 atom stereocenters. The summed E-state index contributed by atoms with van der Waals surface area (Å²) in [5.41, 5.74) is 3.55. The van der Waals surface area contributed by atoms with E-state index in [9.17, 15) is 0 Å². The molecule has 3 rings (SSSR count). The third-order valence-corrected chi connectivity index (χ3v) is 3.83. The minimum absolute atomic E-state index is 0.774. The first-order valence-corrected chi connectivity index (χ1v) is 6.61. The maximum Gasteiger partial charge on any atom is 0.214 e. The topological polar surface area (TPSA) is 22.6 Å². The van der Waals surface area contributed by atoms with Gasteiger partial charge in [-0.25, -0.2) is 0 Å². The van der Waals surface area contributed by atoms with E-state index in [2.05, 4.69) is 48.8 Å². The van der Waals surface area contributed by atoms with Gasteiger partial charge in [-0.2, -0.15) is 4.40 Å². The Morgan fingerprint density at radius 3 is 2.55 bits per heavy atom. The van der Waals surface area contributed by atoms with Gasteiger partial charge in [0.1, 0.15) is 0 Å². The van der Waals surface area contributed by atoms with Gasteiger partial charge in [0.05, 0.1) is 19.6 Å². The molecule has 0 fully saturated rings. The Morgan fingerprint density at radius 2 is 1.85 bits per heavy atom. The second-order valence-corrected chi connectivity index (χ2v) is 5.00. The molecule has 3 aromatic rings. The molecule has 0 spiro atoms. The van der Waals surface area contributed by atoms with Crippen molar-refractivity contribution in [1.29, 1.82) is 0 Å². The average molecular weight is 268 g/mol. The highest BCUT2D eigenvalue weighted by molar-refractivity contribution is 5.90. The SMILES string of the molecule is COc1cc2cc3c(C)ccc[n+]3cc2c(C)c1OC. The predicted octanol–water partition coefficient (Wildman–Crippen LogP) is 3.21. The largest absolute Gasteiger partial charge is 0.493 e. The molecule has 0 saturated heterocycles. The van der Waals surface area contributed by atoms with Crippen molar-refractivity contribution in [3.05, 3.63) is 47.8 Å². The summed E-state index contributed by atoms with van der Waals surface area (Å²) in [5, 5.41) is 2.33. The van der Waals surface area contributed by atoms with E-state index in [1.807, 2.05) is 6.07 Å². The van der Waals surface area contributed by atoms with Crippen molar-refractivity contribution in [2.45, 2.75) is 13.8 Å². The van der Waals surface area contributed by atoms with E-state index in [0.717, 1.165) is 22.4 Å². The summed E-state index contributed by atoms with van der Waals surface area (Å²) in [5.74, 6) is 1.57. The van der Waals surface area contributed by atoms with Crippen LogP contribution in [0, 0.1) is 13.8 Å². The smallest absolute Gasteiger partial charge is 0.214 e. The molecule has 0 N–H and O–H groups in total. The lowest BCUT2D eigenvalue weighted by Gasteiger charge is -2.12. The van der Waals surface area contributed by atoms with E-state index in [1.54, 1.807) is 14.2 Å². The monoisotopic (exact) mass is 268 g/mol. The number of nitrogens with zero attached hydrogens (tertiary/aromatic N) is 1. The van der Waals surface area contributed by atoms with E-state index in [-0.39, 0.29) is 0 Å². The molecule has 3 heteroatoms. The number of methoxy groups -OCH3 is 2. The number of hydrogen-bond acceptors (Lipinski definition) is 2. The molecule has 0 amide bonds. The fourth-order valence-corrected chi connectivity index (χ4v) is 2.74. The Labute approximate surface area is 118 Å². The second-order valence-electron chi connectivity index (χ2n) is 5.00. The van der Waals surface area contributed by atoms with Gasteiger partial charge in [0, 0.05) is 23.3 Å². The highest BCUT2D eigenvalue weighted by atomic mass is 16.5. The molecule has 0 unspecified atom stereocenters. The van der Waals surface area contributed by atoms with Crippen molar-refractivity contribution >= 4 is 16.3 Å². The van der Waals surface area contributed by atoms with Crippen LogP contribution < -0.4 is 13.9 Å². The van der Waals surface area contributed by atoms with Gasteiger partial charge in [-0.15, -0.1) is 0 Å². The average Bonchev–Trinajstić information content (AvgIpc) is 2.46. The lowest BCUT2D eigenvalue weighted by molar-refractivity contribution is -0.510. The van der Waals surface area contributed by atoms with Gasteiger partial charge >= 0.3 is 0 Å². The van der Waals surface area contributed by atoms with E-state index in [4.69, 9.17) is 9.47 Å². The Hall–Kier alpha value is -2.29. The van der Waals surface area contributed by atoms with Crippen LogP contribution in [0.25, 0.3) is 16.3 Å². The van der Waals surface area contributed by atoms with Gasteiger partial charge in [-0.05, 0) is 31.4 Å². The zero-order chi connectivity index (χ0) is 14.3. The van der Waals surface area contributed by atoms with Gasteiger partial charge in [-0.3, -0.25) is 0 Å². The number of aromatic nitrogens is 1. The van der Waals surface area contributed by atoms with Crippen LogP contribution in [-0.2, 0) is 0 Å². The molecule has 3 nitrogen and oxygen atoms in total. The van der Waals surface area contributed by atoms with Crippen molar-refractivity contribution in [2.24, 2.45) is 0 Å². The molecule has 20 heavy (non-hydrogen) atoms. The molecule has 0 radical (unpaired) electrons. The normalized spacial score (nSPS) is 11.0. The Morgan fingerprint density at radius 1 is 1.05 bits per heavy atom. The fourth-order valence-electron chi connectivity index (χ4n) is 2.74. The van der Waals surface area contributed by atoms with Crippen molar-refractivity contribution < 1.29 is 13.9 Å². The molecule has 0 aliphatic heterocycles. The van der Waals surface area contributed by atoms with Gasteiger partial charge in [0.2, 0.25) is 5.52 Å². The molecule has 0 saturated carbocycles. The first kappa shape index (κ1) is 12.7. The molecule has 0 aliphatic rings. The molecule has 0 bridgehead atoms. The highest BCUT2D eigenvalue weighted by Crippen LogP contribution is 2.36. The summed E-state index contributed by atoms with van der Waals surface area (Å²) in [6, 6.07) is 8.41. The summed E-state index contributed by atoms with van der Waals surface area (Å²) in [4.78, 5) is 0. The summed E-state index contributed by atoms with van der Waals surface area (Å²) in [6.07, 6.45) is 4.22. The number of ether oxygens (including phenoxy) is 2. The molecular weight excluding hydrogens is 250 g/mol. The zero-order valence-corrected chi connectivity index (χ0v) is 12.2. The van der Waals surface area contributed by atoms with Gasteiger partial charge in [0.25, 0.3) is 0 Å². The number of hydrogen-bond donors (Lipinski definition) is 0. The van der Waals surface area contributed by atoms with Crippen molar-refractivity contribution in [3.63, 3.8) is 0 Å². The lowest BCUT2D eigenvalue weighted by atomic mass is 10.0. The van der Waals surface area contributed by atoms with Crippen LogP contribution >= 0.6 is 0 Å². The summed E-state index contributed by atoms with van der Waals surface area (Å²) < 4.78 is 13.1. The first-order valence-electron chi connectivity index (χ1n) is 6.61. The van der Waals surface area contributed by atoms with Gasteiger partial charge < -0.3 is 9.47 Å². The highest BCUT2D eigenvalue weighted by Gasteiger charge is 2.15. The number of aryl methyl sites for hydroxylation is 2. The summed E-state index contributed by atoms with van der Waals surface area (Å²) in [6.45, 7) is 4.18. The van der Waals surface area contributed by atoms with Gasteiger partial charge in [0.15, 0.2) is 23.9 Å². The number of benzene rings is 1. The molecule has 2 aromatic heterocycles. The maximum atomic E-state index is 5.48. The molecule has 2 heterocycles. The molecular formula is C17H18NO2+. The number of fused-ring (bicyclic) bond motifs is 2. The van der Waals surface area contributed by atoms with E-state index >= 15 is 0 Å². The quantitative estimate of drug-likeness (QED) is 0.526. The Bertz CT molecular complexity index is 809. The van der Waals surface area contributed by atoms with Crippen LogP contribution in [0.4, 0.5) is 0 Å². The van der Waals surface area contributed by atoms with Crippen molar-refractivity contribution in [3.8, 4) is 11.5 Å². The van der Waals surface area contributed by atoms with E-state index in [1.165, 1.54) is 16.5 Å². The van der Waals surface area contributed by atoms with Crippen LogP contribution in [0.5, 0.6) is 11.5 Å². The Kier molecular flexibility index (Phi) is 2.97. The first-order chi connectivity index (χ1) is 9.65. The number of pyridine rings is 2. The summed E-state index contributed by atoms with van der Waals surface area (Å²) in [7, 11) is 3.35.